The number of amides is 2. The molecule has 1 fully saturated rings. The molecule has 1 heterocycles. The average molecular weight is 466 g/mol. The lowest BCUT2D eigenvalue weighted by Crippen LogP contribution is -2.67. The summed E-state index contributed by atoms with van der Waals surface area (Å²) in [5, 5.41) is 5.12. The summed E-state index contributed by atoms with van der Waals surface area (Å²) in [4.78, 5) is 59.2. The van der Waals surface area contributed by atoms with Crippen LogP contribution in [0.3, 0.4) is 0 Å². The van der Waals surface area contributed by atoms with Crippen molar-refractivity contribution in [2.45, 2.75) is 58.3 Å². The van der Waals surface area contributed by atoms with Gasteiger partial charge in [-0.3, -0.25) is 19.2 Å². The lowest BCUT2D eigenvalue weighted by molar-refractivity contribution is -0.270. The first-order valence-electron chi connectivity index (χ1n) is 10.00. The summed E-state index contributed by atoms with van der Waals surface area (Å²) in [5.74, 6) is -2.90. The molecule has 0 bridgehead atoms. The third kappa shape index (κ3) is 8.07. The van der Waals surface area contributed by atoms with Crippen molar-refractivity contribution in [2.75, 3.05) is 11.9 Å². The topological polar surface area (TPSA) is 156 Å². The second kappa shape index (κ2) is 11.8. The fourth-order valence-electron chi connectivity index (χ4n) is 3.16. The predicted octanol–water partition coefficient (Wildman–Crippen LogP) is 0.891. The van der Waals surface area contributed by atoms with Crippen molar-refractivity contribution < 1.29 is 47.7 Å². The zero-order valence-electron chi connectivity index (χ0n) is 18.6. The Balaban J connectivity index is 2.37. The number of para-hydroxylation sites is 1. The molecule has 12 nitrogen and oxygen atoms in total. The SMILES string of the molecule is CC(=O)OC[C@H]1O[C@@H](OC(C)=O)[C@H](NC(=O)Nc2ccccc2)[C@@H](OC(C)=O)[C@@H]1OC(C)=O. The maximum absolute atomic E-state index is 12.6. The van der Waals surface area contributed by atoms with Crippen LogP contribution in [0.15, 0.2) is 30.3 Å². The van der Waals surface area contributed by atoms with Crippen LogP contribution in [0.4, 0.5) is 10.5 Å². The number of carbonyl (C=O) groups is 5. The standard InChI is InChI=1S/C21H26N2O10/c1-11(24)29-10-16-18(30-12(2)25)19(31-13(3)26)17(20(33-16)32-14(4)27)23-21(28)22-15-8-6-5-7-9-15/h5-9,16-20H,10H2,1-4H3,(H2,22,23,28)/t16-,17-,18-,19-,20-/m1/s1. The van der Waals surface area contributed by atoms with Crippen LogP contribution in [0.1, 0.15) is 27.7 Å². The van der Waals surface area contributed by atoms with Crippen molar-refractivity contribution in [3.05, 3.63) is 30.3 Å². The molecule has 0 unspecified atom stereocenters. The van der Waals surface area contributed by atoms with Gasteiger partial charge >= 0.3 is 29.9 Å². The Morgan fingerprint density at radius 3 is 1.94 bits per heavy atom. The van der Waals surface area contributed by atoms with Crippen LogP contribution >= 0.6 is 0 Å². The molecule has 33 heavy (non-hydrogen) atoms. The Bertz CT molecular complexity index is 875. The third-order valence-electron chi connectivity index (χ3n) is 4.31. The van der Waals surface area contributed by atoms with E-state index in [1.54, 1.807) is 30.3 Å². The molecule has 0 aliphatic carbocycles. The Morgan fingerprint density at radius 1 is 0.818 bits per heavy atom. The maximum Gasteiger partial charge on any atom is 0.319 e. The van der Waals surface area contributed by atoms with Gasteiger partial charge in [0.2, 0.25) is 6.29 Å². The highest BCUT2D eigenvalue weighted by atomic mass is 16.7. The van der Waals surface area contributed by atoms with E-state index in [0.717, 1.165) is 27.7 Å². The molecule has 2 N–H and O–H groups in total. The van der Waals surface area contributed by atoms with Gasteiger partial charge in [-0.2, -0.15) is 0 Å². The number of hydrogen-bond acceptors (Lipinski definition) is 10. The number of benzene rings is 1. The van der Waals surface area contributed by atoms with Gasteiger partial charge in [0.1, 0.15) is 18.8 Å². The number of carbonyl (C=O) groups excluding carboxylic acids is 5. The van der Waals surface area contributed by atoms with Crippen molar-refractivity contribution in [1.82, 2.24) is 5.32 Å². The lowest BCUT2D eigenvalue weighted by Gasteiger charge is -2.44. The van der Waals surface area contributed by atoms with E-state index in [2.05, 4.69) is 10.6 Å². The fraction of sp³-hybridized carbons (Fsp3) is 0.476. The minimum absolute atomic E-state index is 0.397. The Labute approximate surface area is 189 Å². The molecular weight excluding hydrogens is 440 g/mol. The number of urea groups is 1. The Morgan fingerprint density at radius 2 is 1.39 bits per heavy atom. The molecule has 1 saturated heterocycles. The smallest absolute Gasteiger partial charge is 0.319 e. The molecule has 12 heteroatoms. The van der Waals surface area contributed by atoms with E-state index < -0.39 is 67.2 Å². The largest absolute Gasteiger partial charge is 0.463 e. The number of hydrogen-bond donors (Lipinski definition) is 2. The molecule has 0 radical (unpaired) electrons. The molecule has 1 aromatic carbocycles. The molecule has 1 aliphatic rings. The van der Waals surface area contributed by atoms with Crippen LogP contribution in [-0.4, -0.2) is 67.2 Å². The van der Waals surface area contributed by atoms with Crippen molar-refractivity contribution in [3.8, 4) is 0 Å². The van der Waals surface area contributed by atoms with Gasteiger partial charge in [0.25, 0.3) is 0 Å². The van der Waals surface area contributed by atoms with Gasteiger partial charge < -0.3 is 34.3 Å². The molecule has 2 amide bonds. The number of ether oxygens (including phenoxy) is 5. The molecule has 0 aromatic heterocycles. The number of rotatable bonds is 7. The average Bonchev–Trinajstić information content (AvgIpc) is 2.70. The highest BCUT2D eigenvalue weighted by Crippen LogP contribution is 2.28. The fourth-order valence-corrected chi connectivity index (χ4v) is 3.16. The molecular formula is C21H26N2O10. The van der Waals surface area contributed by atoms with Crippen LogP contribution in [0.5, 0.6) is 0 Å². The van der Waals surface area contributed by atoms with Gasteiger partial charge in [0, 0.05) is 33.4 Å². The second-order valence-electron chi connectivity index (χ2n) is 7.09. The van der Waals surface area contributed by atoms with Crippen LogP contribution in [-0.2, 0) is 42.9 Å². The van der Waals surface area contributed by atoms with E-state index in [1.807, 2.05) is 0 Å². The first kappa shape index (κ1) is 25.6. The summed E-state index contributed by atoms with van der Waals surface area (Å²) < 4.78 is 26.5. The quantitative estimate of drug-likeness (QED) is 0.437. The molecule has 1 aliphatic heterocycles. The van der Waals surface area contributed by atoms with E-state index in [0.29, 0.717) is 5.69 Å². The van der Waals surface area contributed by atoms with E-state index in [4.69, 9.17) is 23.7 Å². The molecule has 0 spiro atoms. The van der Waals surface area contributed by atoms with Gasteiger partial charge in [0.15, 0.2) is 12.2 Å². The summed E-state index contributed by atoms with van der Waals surface area (Å²) in [6.45, 7) is 4.12. The minimum atomic E-state index is -1.46. The van der Waals surface area contributed by atoms with E-state index in [-0.39, 0.29) is 0 Å². The van der Waals surface area contributed by atoms with Crippen molar-refractivity contribution >= 4 is 35.6 Å². The number of esters is 4. The Hall–Kier alpha value is -3.67. The highest BCUT2D eigenvalue weighted by molar-refractivity contribution is 5.89. The summed E-state index contributed by atoms with van der Waals surface area (Å²) in [6.07, 6.45) is -5.26. The summed E-state index contributed by atoms with van der Waals surface area (Å²) in [6, 6.07) is 6.45. The normalized spacial score (nSPS) is 24.1. The molecule has 0 saturated carbocycles. The Kier molecular flexibility index (Phi) is 9.16. The molecule has 1 aromatic rings. The van der Waals surface area contributed by atoms with Gasteiger partial charge in [-0.1, -0.05) is 18.2 Å². The van der Waals surface area contributed by atoms with E-state index in [1.165, 1.54) is 0 Å². The molecule has 2 rings (SSSR count). The molecule has 5 atom stereocenters. The van der Waals surface area contributed by atoms with Crippen molar-refractivity contribution in [1.29, 1.82) is 0 Å². The van der Waals surface area contributed by atoms with Gasteiger partial charge in [-0.05, 0) is 12.1 Å². The van der Waals surface area contributed by atoms with Crippen molar-refractivity contribution in [2.24, 2.45) is 0 Å². The van der Waals surface area contributed by atoms with Gasteiger partial charge in [-0.25, -0.2) is 4.79 Å². The number of nitrogens with one attached hydrogen (secondary N) is 2. The van der Waals surface area contributed by atoms with Crippen LogP contribution < -0.4 is 10.6 Å². The lowest BCUT2D eigenvalue weighted by atomic mass is 9.96. The minimum Gasteiger partial charge on any atom is -0.463 e. The van der Waals surface area contributed by atoms with E-state index >= 15 is 0 Å². The monoisotopic (exact) mass is 466 g/mol. The molecule has 180 valence electrons. The maximum atomic E-state index is 12.6. The number of anilines is 1. The summed E-state index contributed by atoms with van der Waals surface area (Å²) >= 11 is 0. The highest BCUT2D eigenvalue weighted by Gasteiger charge is 2.52. The first-order valence-corrected chi connectivity index (χ1v) is 10.00. The third-order valence-corrected chi connectivity index (χ3v) is 4.31. The van der Waals surface area contributed by atoms with Crippen LogP contribution in [0.2, 0.25) is 0 Å². The zero-order valence-corrected chi connectivity index (χ0v) is 18.6. The van der Waals surface area contributed by atoms with Gasteiger partial charge in [-0.15, -0.1) is 0 Å². The van der Waals surface area contributed by atoms with Crippen LogP contribution in [0, 0.1) is 0 Å². The first-order chi connectivity index (χ1) is 15.6. The summed E-state index contributed by atoms with van der Waals surface area (Å²) in [5.41, 5.74) is 0.462. The van der Waals surface area contributed by atoms with Crippen LogP contribution in [0.25, 0.3) is 0 Å². The predicted molar refractivity (Wildman–Crippen MR) is 111 cm³/mol. The zero-order chi connectivity index (χ0) is 24.5. The summed E-state index contributed by atoms with van der Waals surface area (Å²) in [7, 11) is 0. The van der Waals surface area contributed by atoms with Crippen molar-refractivity contribution in [3.63, 3.8) is 0 Å². The van der Waals surface area contributed by atoms with Gasteiger partial charge in [0.05, 0.1) is 0 Å². The second-order valence-corrected chi connectivity index (χ2v) is 7.09. The van der Waals surface area contributed by atoms with E-state index in [9.17, 15) is 24.0 Å².